The highest BCUT2D eigenvalue weighted by Gasteiger charge is 2.32. The molecule has 1 atom stereocenters. The van der Waals surface area contributed by atoms with E-state index in [1.54, 1.807) is 12.1 Å². The summed E-state index contributed by atoms with van der Waals surface area (Å²) >= 11 is 3.37. The molecule has 0 spiro atoms. The second-order valence-corrected chi connectivity index (χ2v) is 8.59. The van der Waals surface area contributed by atoms with Crippen molar-refractivity contribution < 1.29 is 22.5 Å². The Balaban J connectivity index is 1.49. The number of benzene rings is 2. The van der Waals surface area contributed by atoms with Crippen LogP contribution in [0.15, 0.2) is 63.6 Å². The monoisotopic (exact) mass is 507 g/mol. The van der Waals surface area contributed by atoms with Gasteiger partial charge in [0, 0.05) is 22.6 Å². The number of nitrogens with zero attached hydrogens (tertiary/aromatic N) is 2. The third-order valence-corrected chi connectivity index (χ3v) is 6.04. The zero-order valence-electron chi connectivity index (χ0n) is 17.0. The highest BCUT2D eigenvalue weighted by molar-refractivity contribution is 9.10. The first-order valence-corrected chi connectivity index (χ1v) is 11.0. The van der Waals surface area contributed by atoms with Crippen LogP contribution in [0.4, 0.5) is 13.2 Å². The quantitative estimate of drug-likeness (QED) is 0.465. The molecule has 1 aliphatic heterocycles. The van der Waals surface area contributed by atoms with Crippen molar-refractivity contribution in [2.45, 2.75) is 25.1 Å². The second-order valence-electron chi connectivity index (χ2n) is 7.68. The summed E-state index contributed by atoms with van der Waals surface area (Å²) in [6.45, 7) is 1.71. The molecule has 1 fully saturated rings. The molecule has 4 rings (SSSR count). The Kier molecular flexibility index (Phi) is 6.66. The van der Waals surface area contributed by atoms with E-state index in [4.69, 9.17) is 4.52 Å². The molecule has 0 saturated carbocycles. The fraction of sp³-hybridized carbons (Fsp3) is 0.304. The zero-order valence-corrected chi connectivity index (χ0v) is 18.6. The third kappa shape index (κ3) is 5.21. The first kappa shape index (κ1) is 22.5. The van der Waals surface area contributed by atoms with E-state index in [1.807, 2.05) is 24.3 Å². The molecule has 1 amide bonds. The molecule has 0 radical (unpaired) electrons. The first-order chi connectivity index (χ1) is 15.3. The Morgan fingerprint density at radius 1 is 1.12 bits per heavy atom. The number of hydrogen-bond acceptors (Lipinski definition) is 4. The van der Waals surface area contributed by atoms with E-state index in [1.165, 1.54) is 6.07 Å². The Labute approximate surface area is 191 Å². The summed E-state index contributed by atoms with van der Waals surface area (Å²) in [5, 5.41) is 6.66. The molecular weight excluding hydrogens is 487 g/mol. The number of nitrogens with one attached hydrogen (secondary N) is 1. The van der Waals surface area contributed by atoms with E-state index >= 15 is 0 Å². The molecule has 1 unspecified atom stereocenters. The normalized spacial score (nSPS) is 15.6. The maximum absolute atomic E-state index is 13.2. The maximum Gasteiger partial charge on any atom is 0.416 e. The van der Waals surface area contributed by atoms with Crippen LogP contribution in [0.3, 0.4) is 0 Å². The van der Waals surface area contributed by atoms with Gasteiger partial charge in [-0.15, -0.1) is 0 Å². The number of carbonyl (C=O) groups excluding carboxylic acids is 1. The smallest absolute Gasteiger partial charge is 0.355 e. The van der Waals surface area contributed by atoms with Gasteiger partial charge in [-0.25, -0.2) is 0 Å². The lowest BCUT2D eigenvalue weighted by Gasteiger charge is -2.28. The van der Waals surface area contributed by atoms with Crippen molar-refractivity contribution in [3.63, 3.8) is 0 Å². The SMILES string of the molecule is O=C(NCC(c1cccc(C(F)(F)F)c1)N1CCCC1)c1cc(-c2ccc(Br)cc2)on1. The number of aromatic nitrogens is 1. The Hall–Kier alpha value is -2.65. The molecule has 1 N–H and O–H groups in total. The van der Waals surface area contributed by atoms with E-state index in [9.17, 15) is 18.0 Å². The number of amides is 1. The van der Waals surface area contributed by atoms with Crippen molar-refractivity contribution in [3.8, 4) is 11.3 Å². The van der Waals surface area contributed by atoms with Gasteiger partial charge in [0.25, 0.3) is 5.91 Å². The number of rotatable bonds is 6. The predicted molar refractivity (Wildman–Crippen MR) is 117 cm³/mol. The van der Waals surface area contributed by atoms with Crippen LogP contribution in [-0.4, -0.2) is 35.6 Å². The molecule has 1 aromatic heterocycles. The summed E-state index contributed by atoms with van der Waals surface area (Å²) in [5.41, 5.74) is 0.727. The summed E-state index contributed by atoms with van der Waals surface area (Å²) in [7, 11) is 0. The van der Waals surface area contributed by atoms with Gasteiger partial charge in [0.2, 0.25) is 0 Å². The minimum Gasteiger partial charge on any atom is -0.355 e. The molecular formula is C23H21BrF3N3O2. The number of hydrogen-bond donors (Lipinski definition) is 1. The van der Waals surface area contributed by atoms with Crippen LogP contribution >= 0.6 is 15.9 Å². The summed E-state index contributed by atoms with van der Waals surface area (Å²) in [4.78, 5) is 14.8. The minimum absolute atomic E-state index is 0.118. The van der Waals surface area contributed by atoms with Crippen molar-refractivity contribution in [3.05, 3.63) is 75.9 Å². The molecule has 1 saturated heterocycles. The molecule has 0 bridgehead atoms. The highest BCUT2D eigenvalue weighted by atomic mass is 79.9. The van der Waals surface area contributed by atoms with Gasteiger partial charge in [0.15, 0.2) is 11.5 Å². The number of halogens is 4. The number of carbonyl (C=O) groups is 1. The summed E-state index contributed by atoms with van der Waals surface area (Å²) < 4.78 is 45.8. The van der Waals surface area contributed by atoms with Gasteiger partial charge in [-0.1, -0.05) is 45.4 Å². The van der Waals surface area contributed by atoms with Gasteiger partial charge < -0.3 is 9.84 Å². The van der Waals surface area contributed by atoms with E-state index in [2.05, 4.69) is 31.3 Å². The van der Waals surface area contributed by atoms with E-state index in [0.29, 0.717) is 11.3 Å². The van der Waals surface area contributed by atoms with Crippen molar-refractivity contribution >= 4 is 21.8 Å². The molecule has 0 aliphatic carbocycles. The number of likely N-dealkylation sites (tertiary alicyclic amines) is 1. The van der Waals surface area contributed by atoms with Crippen molar-refractivity contribution in [1.29, 1.82) is 0 Å². The molecule has 3 aromatic rings. The lowest BCUT2D eigenvalue weighted by atomic mass is 10.0. The molecule has 1 aliphatic rings. The van der Waals surface area contributed by atoms with Gasteiger partial charge in [-0.05, 0) is 55.8 Å². The molecule has 5 nitrogen and oxygen atoms in total. The van der Waals surface area contributed by atoms with Crippen molar-refractivity contribution in [2.24, 2.45) is 0 Å². The second kappa shape index (κ2) is 9.46. The lowest BCUT2D eigenvalue weighted by Crippen LogP contribution is -2.37. The van der Waals surface area contributed by atoms with E-state index < -0.39 is 17.6 Å². The highest BCUT2D eigenvalue weighted by Crippen LogP contribution is 2.33. The molecule has 9 heteroatoms. The summed E-state index contributed by atoms with van der Waals surface area (Å²) in [6.07, 6.45) is -2.47. The average molecular weight is 508 g/mol. The fourth-order valence-corrected chi connectivity index (χ4v) is 4.11. The van der Waals surface area contributed by atoms with Crippen LogP contribution in [0.1, 0.15) is 40.5 Å². The fourth-order valence-electron chi connectivity index (χ4n) is 3.85. The van der Waals surface area contributed by atoms with Crippen LogP contribution in [0.2, 0.25) is 0 Å². The van der Waals surface area contributed by atoms with Crippen molar-refractivity contribution in [1.82, 2.24) is 15.4 Å². The van der Waals surface area contributed by atoms with Crippen LogP contribution < -0.4 is 5.32 Å². The van der Waals surface area contributed by atoms with Gasteiger partial charge in [-0.2, -0.15) is 13.2 Å². The largest absolute Gasteiger partial charge is 0.416 e. The Morgan fingerprint density at radius 2 is 1.84 bits per heavy atom. The Morgan fingerprint density at radius 3 is 2.53 bits per heavy atom. The average Bonchev–Trinajstić information content (AvgIpc) is 3.47. The molecule has 168 valence electrons. The lowest BCUT2D eigenvalue weighted by molar-refractivity contribution is -0.137. The molecule has 2 aromatic carbocycles. The van der Waals surface area contributed by atoms with Gasteiger partial charge in [0.05, 0.1) is 11.6 Å². The summed E-state index contributed by atoms with van der Waals surface area (Å²) in [6, 6.07) is 13.9. The zero-order chi connectivity index (χ0) is 22.7. The summed E-state index contributed by atoms with van der Waals surface area (Å²) in [5.74, 6) is 0.0184. The third-order valence-electron chi connectivity index (χ3n) is 5.51. The van der Waals surface area contributed by atoms with Gasteiger partial charge >= 0.3 is 6.18 Å². The maximum atomic E-state index is 13.2. The van der Waals surface area contributed by atoms with Gasteiger partial charge in [-0.3, -0.25) is 9.69 Å². The Bertz CT molecular complexity index is 1080. The number of alkyl halides is 3. The van der Waals surface area contributed by atoms with Crippen molar-refractivity contribution in [2.75, 3.05) is 19.6 Å². The van der Waals surface area contributed by atoms with E-state index in [-0.39, 0.29) is 18.3 Å². The minimum atomic E-state index is -4.42. The molecule has 32 heavy (non-hydrogen) atoms. The van der Waals surface area contributed by atoms with Crippen LogP contribution in [-0.2, 0) is 6.18 Å². The van der Waals surface area contributed by atoms with E-state index in [0.717, 1.165) is 48.1 Å². The van der Waals surface area contributed by atoms with Crippen LogP contribution in [0.25, 0.3) is 11.3 Å². The standard InChI is InChI=1S/C23H21BrF3N3O2/c24-18-8-6-15(7-9-18)21-13-19(29-32-21)22(31)28-14-20(30-10-1-2-11-30)16-4-3-5-17(12-16)23(25,26)27/h3-9,12-13,20H,1-2,10-11,14H2,(H,28,31). The van der Waals surface area contributed by atoms with Gasteiger partial charge in [0.1, 0.15) is 0 Å². The van der Waals surface area contributed by atoms with Crippen LogP contribution in [0.5, 0.6) is 0 Å². The first-order valence-electron chi connectivity index (χ1n) is 10.2. The predicted octanol–water partition coefficient (Wildman–Crippen LogP) is 5.69. The van der Waals surface area contributed by atoms with Crippen LogP contribution in [0, 0.1) is 0 Å². The topological polar surface area (TPSA) is 58.4 Å². The molecule has 2 heterocycles.